The Morgan fingerprint density at radius 3 is 2.50 bits per heavy atom. The van der Waals surface area contributed by atoms with E-state index in [9.17, 15) is 4.79 Å². The zero-order valence-corrected chi connectivity index (χ0v) is 14.0. The van der Waals surface area contributed by atoms with Crippen molar-refractivity contribution in [1.82, 2.24) is 0 Å². The number of benzene rings is 1. The van der Waals surface area contributed by atoms with Crippen molar-refractivity contribution in [3.05, 3.63) is 57.9 Å². The van der Waals surface area contributed by atoms with Gasteiger partial charge in [-0.25, -0.2) is 4.57 Å². The highest BCUT2D eigenvalue weighted by atomic mass is 127. The van der Waals surface area contributed by atoms with Gasteiger partial charge in [0.1, 0.15) is 12.6 Å². The van der Waals surface area contributed by atoms with Crippen LogP contribution < -0.4 is 33.9 Å². The van der Waals surface area contributed by atoms with Crippen LogP contribution in [0, 0.1) is 3.57 Å². The van der Waals surface area contributed by atoms with Crippen LogP contribution in [0.5, 0.6) is 0 Å². The summed E-state index contributed by atoms with van der Waals surface area (Å²) in [4.78, 5) is 11.9. The number of aromatic nitrogens is 1. The van der Waals surface area contributed by atoms with Crippen LogP contribution in [0.3, 0.4) is 0 Å². The molecule has 2 aromatic rings. The molecule has 18 heavy (non-hydrogen) atoms. The summed E-state index contributed by atoms with van der Waals surface area (Å²) in [6.45, 7) is 0. The molecule has 0 saturated heterocycles. The lowest BCUT2D eigenvalue weighted by atomic mass is 10.2. The van der Waals surface area contributed by atoms with Crippen LogP contribution in [-0.2, 0) is 7.05 Å². The lowest BCUT2D eigenvalue weighted by Crippen LogP contribution is -3.00. The molecule has 0 radical (unpaired) electrons. The third-order valence-electron chi connectivity index (χ3n) is 2.30. The van der Waals surface area contributed by atoms with Crippen LogP contribution in [0.25, 0.3) is 0 Å². The number of carbonyl (C=O) groups excluding carboxylic acids is 1. The summed E-state index contributed by atoms with van der Waals surface area (Å²) in [5.41, 5.74) is 1.45. The minimum Gasteiger partial charge on any atom is -1.00 e. The summed E-state index contributed by atoms with van der Waals surface area (Å²) < 4.78 is 3.00. The third kappa shape index (κ3) is 4.20. The summed E-state index contributed by atoms with van der Waals surface area (Å²) in [5.74, 6) is -0.0950. The lowest BCUT2D eigenvalue weighted by molar-refractivity contribution is -0.671. The van der Waals surface area contributed by atoms with Gasteiger partial charge in [0.2, 0.25) is 0 Å². The number of nitrogens with one attached hydrogen (secondary N) is 1. The van der Waals surface area contributed by atoms with Gasteiger partial charge in [0.05, 0.1) is 0 Å². The van der Waals surface area contributed by atoms with Crippen LogP contribution in [0.1, 0.15) is 10.4 Å². The number of nitrogens with zero attached hydrogens (tertiary/aromatic N) is 1. The van der Waals surface area contributed by atoms with E-state index in [0.717, 1.165) is 9.26 Å². The van der Waals surface area contributed by atoms with Gasteiger partial charge in [-0.15, -0.1) is 0 Å². The molecule has 0 atom stereocenters. The van der Waals surface area contributed by atoms with Crippen molar-refractivity contribution in [2.45, 2.75) is 0 Å². The number of pyridine rings is 1. The molecule has 1 N–H and O–H groups in total. The molecule has 1 heterocycles. The van der Waals surface area contributed by atoms with E-state index in [2.05, 4.69) is 27.9 Å². The number of halogens is 2. The fourth-order valence-corrected chi connectivity index (χ4v) is 1.82. The van der Waals surface area contributed by atoms with Crippen LogP contribution >= 0.6 is 22.6 Å². The average molecular weight is 464 g/mol. The number of carbonyl (C=O) groups is 1. The number of hydrogen-bond acceptors (Lipinski definition) is 1. The zero-order valence-electron chi connectivity index (χ0n) is 9.73. The highest BCUT2D eigenvalue weighted by Gasteiger charge is 2.08. The Morgan fingerprint density at radius 2 is 1.89 bits per heavy atom. The Hall–Kier alpha value is -0.700. The minimum atomic E-state index is -0.0950. The van der Waals surface area contributed by atoms with E-state index in [1.54, 1.807) is 12.3 Å². The highest BCUT2D eigenvalue weighted by Crippen LogP contribution is 2.12. The molecule has 0 aliphatic heterocycles. The van der Waals surface area contributed by atoms with Crippen LogP contribution in [-0.4, -0.2) is 5.91 Å². The minimum absolute atomic E-state index is 0. The molecule has 3 nitrogen and oxygen atoms in total. The van der Waals surface area contributed by atoms with Crippen molar-refractivity contribution in [3.8, 4) is 0 Å². The first-order valence-electron chi connectivity index (χ1n) is 5.17. The largest absolute Gasteiger partial charge is 1.00 e. The number of hydrogen-bond donors (Lipinski definition) is 1. The van der Waals surface area contributed by atoms with Crippen LogP contribution in [0.15, 0.2) is 48.8 Å². The van der Waals surface area contributed by atoms with Gasteiger partial charge < -0.3 is 29.3 Å². The second-order valence-electron chi connectivity index (χ2n) is 3.72. The fourth-order valence-electron chi connectivity index (χ4n) is 1.46. The number of anilines is 1. The quantitative estimate of drug-likeness (QED) is 0.467. The van der Waals surface area contributed by atoms with Gasteiger partial charge in [-0.05, 0) is 52.9 Å². The summed E-state index contributed by atoms with van der Waals surface area (Å²) in [5, 5.41) is 2.86. The van der Waals surface area contributed by atoms with E-state index in [0.29, 0.717) is 5.56 Å². The predicted molar refractivity (Wildman–Crippen MR) is 74.7 cm³/mol. The van der Waals surface area contributed by atoms with Gasteiger partial charge in [0, 0.05) is 15.3 Å². The molecule has 0 unspecified atom stereocenters. The number of rotatable bonds is 2. The van der Waals surface area contributed by atoms with Crippen molar-refractivity contribution >= 4 is 34.2 Å². The standard InChI is InChI=1S/C13H11IN2O.HI/c1-16-8-2-3-10(9-16)13(17)15-12-6-4-11(14)5-7-12;/h2-9H,1H3;1H/i14-2;. The molecule has 0 aliphatic rings. The molecule has 1 aromatic heterocycles. The first-order valence-corrected chi connectivity index (χ1v) is 6.25. The average Bonchev–Trinajstić information content (AvgIpc) is 2.32. The molecule has 1 amide bonds. The summed E-state index contributed by atoms with van der Waals surface area (Å²) in [7, 11) is 1.89. The molecule has 0 aliphatic carbocycles. The van der Waals surface area contributed by atoms with E-state index >= 15 is 0 Å². The van der Waals surface area contributed by atoms with Crippen molar-refractivity contribution in [2.75, 3.05) is 5.32 Å². The van der Waals surface area contributed by atoms with Gasteiger partial charge >= 0.3 is 0 Å². The molecule has 0 spiro atoms. The lowest BCUT2D eigenvalue weighted by Gasteiger charge is -2.04. The highest BCUT2D eigenvalue weighted by molar-refractivity contribution is 14.1. The van der Waals surface area contributed by atoms with Gasteiger partial charge in [-0.1, -0.05) is 0 Å². The summed E-state index contributed by atoms with van der Waals surface area (Å²) in [6, 6.07) is 11.3. The Labute approximate surface area is 137 Å². The number of aryl methyl sites for hydroxylation is 1. The van der Waals surface area contributed by atoms with E-state index in [1.165, 1.54) is 0 Å². The summed E-state index contributed by atoms with van der Waals surface area (Å²) >= 11 is 2.23. The van der Waals surface area contributed by atoms with Crippen molar-refractivity contribution in [2.24, 2.45) is 7.05 Å². The predicted octanol–water partition coefficient (Wildman–Crippen LogP) is -0.628. The second-order valence-corrected chi connectivity index (χ2v) is 4.96. The second kappa shape index (κ2) is 7.03. The fraction of sp³-hybridized carbons (Fsp3) is 0.0769. The van der Waals surface area contributed by atoms with Crippen molar-refractivity contribution in [3.63, 3.8) is 0 Å². The van der Waals surface area contributed by atoms with Crippen molar-refractivity contribution < 1.29 is 33.3 Å². The smallest absolute Gasteiger partial charge is 0.261 e. The topological polar surface area (TPSA) is 33.0 Å². The number of amides is 1. The Bertz CT molecular complexity index is 541. The van der Waals surface area contributed by atoms with Gasteiger partial charge in [-0.2, -0.15) is 0 Å². The van der Waals surface area contributed by atoms with Gasteiger partial charge in [0.15, 0.2) is 12.4 Å². The molecule has 94 valence electrons. The van der Waals surface area contributed by atoms with E-state index < -0.39 is 0 Å². The van der Waals surface area contributed by atoms with Crippen molar-refractivity contribution in [1.29, 1.82) is 0 Å². The third-order valence-corrected chi connectivity index (χ3v) is 3.02. The normalized spacial score (nSPS) is 9.44. The monoisotopic (exact) mass is 464 g/mol. The van der Waals surface area contributed by atoms with Gasteiger partial charge in [-0.3, -0.25) is 4.79 Å². The maximum absolute atomic E-state index is 11.9. The van der Waals surface area contributed by atoms with Crippen LogP contribution in [0.2, 0.25) is 0 Å². The first kappa shape index (κ1) is 15.4. The maximum Gasteiger partial charge on any atom is 0.261 e. The molecule has 0 fully saturated rings. The van der Waals surface area contributed by atoms with Gasteiger partial charge in [0.25, 0.3) is 5.91 Å². The molecule has 1 aromatic carbocycles. The molecule has 0 saturated carbocycles. The first-order chi connectivity index (χ1) is 8.15. The zero-order chi connectivity index (χ0) is 12.3. The Balaban J connectivity index is 0.00000162. The SMILES string of the molecule is C[n+]1cccc(C(=O)Nc2ccc([125I])cc2)c1.[I-]. The van der Waals surface area contributed by atoms with E-state index in [-0.39, 0.29) is 29.9 Å². The van der Waals surface area contributed by atoms with E-state index in [1.807, 2.05) is 48.1 Å². The Kier molecular flexibility index (Phi) is 6.00. The summed E-state index contributed by atoms with van der Waals surface area (Å²) in [6.07, 6.45) is 3.68. The molecular weight excluding hydrogens is 452 g/mol. The molecule has 2 rings (SSSR count). The molecule has 0 bridgehead atoms. The molecular formula is C13H12I2N2O. The van der Waals surface area contributed by atoms with Crippen LogP contribution in [0.4, 0.5) is 5.69 Å². The Morgan fingerprint density at radius 1 is 1.22 bits per heavy atom. The maximum atomic E-state index is 11.9. The van der Waals surface area contributed by atoms with E-state index in [4.69, 9.17) is 0 Å². The molecule has 5 heteroatoms.